The van der Waals surface area contributed by atoms with Gasteiger partial charge in [0.15, 0.2) is 0 Å². The molecule has 0 aliphatic rings. The van der Waals surface area contributed by atoms with Crippen molar-refractivity contribution in [2.45, 2.75) is 13.0 Å². The minimum absolute atomic E-state index is 0.227. The van der Waals surface area contributed by atoms with Gasteiger partial charge in [-0.25, -0.2) is 4.39 Å². The number of halogens is 1. The molecule has 0 fully saturated rings. The fourth-order valence-corrected chi connectivity index (χ4v) is 5.03. The quantitative estimate of drug-likeness (QED) is 0.277. The predicted molar refractivity (Wildman–Crippen MR) is 136 cm³/mol. The molecule has 0 saturated heterocycles. The molecule has 3 heterocycles. The Morgan fingerprint density at radius 1 is 1.06 bits per heavy atom. The van der Waals surface area contributed by atoms with E-state index < -0.39 is 0 Å². The number of aryl methyl sites for hydroxylation is 2. The maximum atomic E-state index is 13.1. The van der Waals surface area contributed by atoms with Crippen LogP contribution in [0.2, 0.25) is 0 Å². The van der Waals surface area contributed by atoms with Crippen molar-refractivity contribution in [3.05, 3.63) is 94.6 Å². The van der Waals surface area contributed by atoms with Gasteiger partial charge < -0.3 is 11.1 Å². The van der Waals surface area contributed by atoms with Crippen LogP contribution in [-0.2, 0) is 13.0 Å². The molecule has 9 heteroatoms. The first-order valence-corrected chi connectivity index (χ1v) is 12.2. The fourth-order valence-electron chi connectivity index (χ4n) is 3.46. The molecule has 1 amide bonds. The highest BCUT2D eigenvalue weighted by Gasteiger charge is 2.14. The molecule has 0 bridgehead atoms. The van der Waals surface area contributed by atoms with Gasteiger partial charge >= 0.3 is 0 Å². The Morgan fingerprint density at radius 3 is 2.71 bits per heavy atom. The molecule has 5 rings (SSSR count). The number of nitrogens with two attached hydrogens (primary N) is 1. The lowest BCUT2D eigenvalue weighted by Crippen LogP contribution is -2.11. The predicted octanol–water partition coefficient (Wildman–Crippen LogP) is 5.95. The maximum absolute atomic E-state index is 13.1. The van der Waals surface area contributed by atoms with E-state index in [4.69, 9.17) is 5.73 Å². The molecule has 0 saturated carbocycles. The molecule has 170 valence electrons. The Balaban J connectivity index is 1.26. The van der Waals surface area contributed by atoms with Crippen LogP contribution in [0.1, 0.15) is 15.2 Å². The molecule has 6 nitrogen and oxygen atoms in total. The number of aromatic nitrogens is 3. The van der Waals surface area contributed by atoms with Crippen LogP contribution in [-0.4, -0.2) is 20.9 Å². The van der Waals surface area contributed by atoms with E-state index >= 15 is 0 Å². The molecule has 3 aromatic heterocycles. The van der Waals surface area contributed by atoms with E-state index in [2.05, 4.69) is 15.6 Å². The Morgan fingerprint density at radius 2 is 1.91 bits per heavy atom. The van der Waals surface area contributed by atoms with Crippen molar-refractivity contribution < 1.29 is 9.18 Å². The number of rotatable bonds is 7. The molecule has 2 aromatic carbocycles. The van der Waals surface area contributed by atoms with E-state index in [1.165, 1.54) is 23.5 Å². The van der Waals surface area contributed by atoms with Crippen molar-refractivity contribution in [2.75, 3.05) is 11.1 Å². The topological polar surface area (TPSA) is 85.8 Å². The van der Waals surface area contributed by atoms with Crippen LogP contribution in [0.25, 0.3) is 21.0 Å². The monoisotopic (exact) mass is 489 g/mol. The van der Waals surface area contributed by atoms with E-state index in [9.17, 15) is 9.18 Å². The third kappa shape index (κ3) is 4.90. The summed E-state index contributed by atoms with van der Waals surface area (Å²) in [5, 5.41) is 13.3. The van der Waals surface area contributed by atoms with E-state index in [0.717, 1.165) is 20.9 Å². The summed E-state index contributed by atoms with van der Waals surface area (Å²) in [5.41, 5.74) is 9.91. The molecule has 0 unspecified atom stereocenters. The Hall–Kier alpha value is -3.82. The standard InChI is InChI=1S/C25H20FN5OS2/c26-18-6-3-16(4-7-18)11-12-31-15-21(29-30-31)23-9-10-24(34-23)25(32)28-20-14-17(5-8-19(20)27)22-2-1-13-33-22/h1-10,13-15H,11-12,27H2,(H,28,32). The van der Waals surface area contributed by atoms with Crippen molar-refractivity contribution in [3.8, 4) is 21.0 Å². The van der Waals surface area contributed by atoms with Crippen molar-refractivity contribution in [3.63, 3.8) is 0 Å². The number of benzene rings is 2. The zero-order valence-electron chi connectivity index (χ0n) is 17.9. The van der Waals surface area contributed by atoms with Gasteiger partial charge in [0.05, 0.1) is 27.3 Å². The number of nitrogens with one attached hydrogen (secondary N) is 1. The minimum atomic E-state index is -0.248. The highest BCUT2D eigenvalue weighted by molar-refractivity contribution is 7.17. The summed E-state index contributed by atoms with van der Waals surface area (Å²) in [6.45, 7) is 0.622. The minimum Gasteiger partial charge on any atom is -0.397 e. The third-order valence-corrected chi connectivity index (χ3v) is 7.30. The lowest BCUT2D eigenvalue weighted by atomic mass is 10.1. The zero-order chi connectivity index (χ0) is 23.5. The Labute approximate surface area is 203 Å². The molecular formula is C25H20FN5OS2. The molecule has 0 aliphatic carbocycles. The van der Waals surface area contributed by atoms with Gasteiger partial charge in [0.2, 0.25) is 0 Å². The number of anilines is 2. The average Bonchev–Trinajstić information content (AvgIpc) is 3.61. The first kappa shape index (κ1) is 22.0. The van der Waals surface area contributed by atoms with Crippen LogP contribution >= 0.6 is 22.7 Å². The van der Waals surface area contributed by atoms with Gasteiger partial charge in [0.1, 0.15) is 11.5 Å². The second kappa shape index (κ2) is 9.58. The second-order valence-electron chi connectivity index (χ2n) is 7.64. The van der Waals surface area contributed by atoms with Gasteiger partial charge in [0, 0.05) is 11.4 Å². The van der Waals surface area contributed by atoms with Crippen molar-refractivity contribution in [1.29, 1.82) is 0 Å². The number of hydrogen-bond donors (Lipinski definition) is 2. The maximum Gasteiger partial charge on any atom is 0.265 e. The average molecular weight is 490 g/mol. The summed E-state index contributed by atoms with van der Waals surface area (Å²) < 4.78 is 14.8. The van der Waals surface area contributed by atoms with Gasteiger partial charge in [-0.3, -0.25) is 9.48 Å². The van der Waals surface area contributed by atoms with Gasteiger partial charge in [-0.15, -0.1) is 27.8 Å². The normalized spacial score (nSPS) is 11.0. The summed E-state index contributed by atoms with van der Waals surface area (Å²) in [7, 11) is 0. The fraction of sp³-hybridized carbons (Fsp3) is 0.0800. The first-order valence-electron chi connectivity index (χ1n) is 10.5. The number of carbonyl (C=O) groups is 1. The summed E-state index contributed by atoms with van der Waals surface area (Å²) >= 11 is 2.97. The van der Waals surface area contributed by atoms with E-state index in [1.807, 2.05) is 41.9 Å². The second-order valence-corrected chi connectivity index (χ2v) is 9.67. The van der Waals surface area contributed by atoms with Crippen molar-refractivity contribution >= 4 is 40.0 Å². The van der Waals surface area contributed by atoms with E-state index in [-0.39, 0.29) is 11.7 Å². The molecule has 0 spiro atoms. The lowest BCUT2D eigenvalue weighted by Gasteiger charge is -2.09. The van der Waals surface area contributed by atoms with Crippen LogP contribution in [0.15, 0.2) is 78.3 Å². The highest BCUT2D eigenvalue weighted by atomic mass is 32.1. The molecule has 3 N–H and O–H groups in total. The molecular weight excluding hydrogens is 469 g/mol. The SMILES string of the molecule is Nc1ccc(-c2cccs2)cc1NC(=O)c1ccc(-c2cn(CCc3ccc(F)cc3)nn2)s1. The largest absolute Gasteiger partial charge is 0.397 e. The summed E-state index contributed by atoms with van der Waals surface area (Å²) in [5.74, 6) is -0.475. The number of amides is 1. The summed E-state index contributed by atoms with van der Waals surface area (Å²) in [4.78, 5) is 15.4. The lowest BCUT2D eigenvalue weighted by molar-refractivity contribution is 0.103. The van der Waals surface area contributed by atoms with Crippen molar-refractivity contribution in [2.24, 2.45) is 0 Å². The van der Waals surface area contributed by atoms with Crippen LogP contribution in [0.3, 0.4) is 0 Å². The smallest absolute Gasteiger partial charge is 0.265 e. The number of nitrogens with zero attached hydrogens (tertiary/aromatic N) is 3. The number of thiophene rings is 2. The van der Waals surface area contributed by atoms with Gasteiger partial charge in [-0.05, 0) is 65.4 Å². The zero-order valence-corrected chi connectivity index (χ0v) is 19.6. The first-order chi connectivity index (χ1) is 16.5. The van der Waals surface area contributed by atoms with Crippen LogP contribution in [0.4, 0.5) is 15.8 Å². The Bertz CT molecular complexity index is 1420. The third-order valence-electron chi connectivity index (χ3n) is 5.27. The van der Waals surface area contributed by atoms with Crippen molar-refractivity contribution in [1.82, 2.24) is 15.0 Å². The highest BCUT2D eigenvalue weighted by Crippen LogP contribution is 2.31. The van der Waals surface area contributed by atoms with Gasteiger partial charge in [-0.2, -0.15) is 0 Å². The van der Waals surface area contributed by atoms with Gasteiger partial charge in [0.25, 0.3) is 5.91 Å². The van der Waals surface area contributed by atoms with Crippen LogP contribution < -0.4 is 11.1 Å². The number of carbonyl (C=O) groups excluding carboxylic acids is 1. The van der Waals surface area contributed by atoms with E-state index in [1.54, 1.807) is 40.3 Å². The van der Waals surface area contributed by atoms with Crippen LogP contribution in [0.5, 0.6) is 0 Å². The summed E-state index contributed by atoms with van der Waals surface area (Å²) in [6.07, 6.45) is 2.56. The van der Waals surface area contributed by atoms with E-state index in [0.29, 0.717) is 34.9 Å². The molecule has 0 aliphatic heterocycles. The number of nitrogen functional groups attached to an aromatic ring is 1. The molecule has 0 radical (unpaired) electrons. The Kier molecular flexibility index (Phi) is 6.20. The number of hydrogen-bond acceptors (Lipinski definition) is 6. The van der Waals surface area contributed by atoms with Crippen LogP contribution in [0, 0.1) is 5.82 Å². The molecule has 0 atom stereocenters. The molecule has 34 heavy (non-hydrogen) atoms. The van der Waals surface area contributed by atoms with Gasteiger partial charge in [-0.1, -0.05) is 29.5 Å². The summed E-state index contributed by atoms with van der Waals surface area (Å²) in [6, 6.07) is 19.7. The molecule has 5 aromatic rings.